The number of amides is 1. The highest BCUT2D eigenvalue weighted by Crippen LogP contribution is 2.17. The summed E-state index contributed by atoms with van der Waals surface area (Å²) in [5.41, 5.74) is 0. The van der Waals surface area contributed by atoms with Gasteiger partial charge in [-0.25, -0.2) is 9.59 Å². The number of piperidine rings is 1. The van der Waals surface area contributed by atoms with Crippen LogP contribution < -0.4 is 0 Å². The van der Waals surface area contributed by atoms with E-state index in [1.54, 1.807) is 0 Å². The number of hydrogen-bond donors (Lipinski definition) is 2. The number of aliphatic carboxylic acids is 1. The van der Waals surface area contributed by atoms with Crippen LogP contribution in [0, 0.1) is 0 Å². The zero-order chi connectivity index (χ0) is 11.3. The lowest BCUT2D eigenvalue weighted by Crippen LogP contribution is -2.45. The Morgan fingerprint density at radius 1 is 1.33 bits per heavy atom. The molecule has 0 saturated carbocycles. The SMILES string of the molecule is O=C(O)COCC1CCCCN1C(=O)O. The molecule has 1 heterocycles. The first-order valence-corrected chi connectivity index (χ1v) is 4.90. The number of carbonyl (C=O) groups is 2. The van der Waals surface area contributed by atoms with Crippen molar-refractivity contribution in [2.75, 3.05) is 19.8 Å². The van der Waals surface area contributed by atoms with E-state index in [1.165, 1.54) is 4.90 Å². The standard InChI is InChI=1S/C9H15NO5/c11-8(12)6-15-5-7-3-1-2-4-10(7)9(13)14/h7H,1-6H2,(H,11,12)(H,13,14). The van der Waals surface area contributed by atoms with Crippen LogP contribution in [-0.4, -0.2) is 53.0 Å². The minimum Gasteiger partial charge on any atom is -0.480 e. The Balaban J connectivity index is 2.36. The van der Waals surface area contributed by atoms with Crippen LogP contribution in [0.15, 0.2) is 0 Å². The predicted octanol–water partition coefficient (Wildman–Crippen LogP) is 0.620. The van der Waals surface area contributed by atoms with E-state index < -0.39 is 12.1 Å². The normalized spacial score (nSPS) is 21.3. The van der Waals surface area contributed by atoms with E-state index in [0.717, 1.165) is 19.3 Å². The van der Waals surface area contributed by atoms with E-state index >= 15 is 0 Å². The molecule has 1 atom stereocenters. The van der Waals surface area contributed by atoms with Gasteiger partial charge >= 0.3 is 12.1 Å². The minimum absolute atomic E-state index is 0.165. The predicted molar refractivity (Wildman–Crippen MR) is 50.8 cm³/mol. The average Bonchev–Trinajstić information content (AvgIpc) is 2.17. The Morgan fingerprint density at radius 3 is 2.67 bits per heavy atom. The number of carboxylic acids is 1. The molecule has 1 rings (SSSR count). The van der Waals surface area contributed by atoms with Gasteiger partial charge in [0.2, 0.25) is 0 Å². The molecule has 1 aliphatic rings. The molecule has 2 N–H and O–H groups in total. The van der Waals surface area contributed by atoms with Crippen LogP contribution in [0.4, 0.5) is 4.79 Å². The van der Waals surface area contributed by atoms with Gasteiger partial charge in [0, 0.05) is 6.54 Å². The van der Waals surface area contributed by atoms with E-state index in [2.05, 4.69) is 0 Å². The summed E-state index contributed by atoms with van der Waals surface area (Å²) in [6.07, 6.45) is 1.61. The Bertz CT molecular complexity index is 243. The van der Waals surface area contributed by atoms with Crippen LogP contribution in [0.1, 0.15) is 19.3 Å². The van der Waals surface area contributed by atoms with Crippen LogP contribution in [-0.2, 0) is 9.53 Å². The van der Waals surface area contributed by atoms with E-state index in [-0.39, 0.29) is 19.3 Å². The molecule has 15 heavy (non-hydrogen) atoms. The maximum absolute atomic E-state index is 10.8. The molecule has 1 amide bonds. The third-order valence-electron chi connectivity index (χ3n) is 2.41. The quantitative estimate of drug-likeness (QED) is 0.720. The molecule has 1 aliphatic heterocycles. The van der Waals surface area contributed by atoms with Gasteiger partial charge in [-0.1, -0.05) is 0 Å². The molecule has 0 radical (unpaired) electrons. The van der Waals surface area contributed by atoms with Gasteiger partial charge in [0.05, 0.1) is 12.6 Å². The molecular weight excluding hydrogens is 202 g/mol. The summed E-state index contributed by atoms with van der Waals surface area (Å²) in [6, 6.07) is -0.199. The fourth-order valence-electron chi connectivity index (χ4n) is 1.71. The first-order chi connectivity index (χ1) is 7.11. The number of ether oxygens (including phenoxy) is 1. The lowest BCUT2D eigenvalue weighted by atomic mass is 10.0. The molecule has 0 spiro atoms. The largest absolute Gasteiger partial charge is 0.480 e. The number of rotatable bonds is 4. The molecule has 0 aromatic rings. The van der Waals surface area contributed by atoms with E-state index in [0.29, 0.717) is 6.54 Å². The van der Waals surface area contributed by atoms with E-state index in [4.69, 9.17) is 14.9 Å². The maximum Gasteiger partial charge on any atom is 0.407 e. The lowest BCUT2D eigenvalue weighted by molar-refractivity contribution is -0.142. The molecule has 0 aromatic carbocycles. The van der Waals surface area contributed by atoms with E-state index in [1.807, 2.05) is 0 Å². The van der Waals surface area contributed by atoms with Crippen molar-refractivity contribution in [1.82, 2.24) is 4.90 Å². The van der Waals surface area contributed by atoms with Crippen molar-refractivity contribution in [3.05, 3.63) is 0 Å². The van der Waals surface area contributed by atoms with Crippen molar-refractivity contribution in [3.63, 3.8) is 0 Å². The average molecular weight is 217 g/mol. The van der Waals surface area contributed by atoms with Crippen LogP contribution in [0.5, 0.6) is 0 Å². The van der Waals surface area contributed by atoms with Gasteiger partial charge in [-0.05, 0) is 19.3 Å². The van der Waals surface area contributed by atoms with Gasteiger partial charge in [0.15, 0.2) is 0 Å². The van der Waals surface area contributed by atoms with Crippen LogP contribution in [0.3, 0.4) is 0 Å². The monoisotopic (exact) mass is 217 g/mol. The van der Waals surface area contributed by atoms with Gasteiger partial charge < -0.3 is 19.8 Å². The smallest absolute Gasteiger partial charge is 0.407 e. The zero-order valence-electron chi connectivity index (χ0n) is 8.39. The van der Waals surface area contributed by atoms with Gasteiger partial charge in [0.25, 0.3) is 0 Å². The Kier molecular flexibility index (Phi) is 4.36. The Hall–Kier alpha value is -1.30. The lowest BCUT2D eigenvalue weighted by Gasteiger charge is -2.33. The summed E-state index contributed by atoms with van der Waals surface area (Å²) in [5, 5.41) is 17.2. The molecule has 1 fully saturated rings. The minimum atomic E-state index is -1.03. The summed E-state index contributed by atoms with van der Waals surface area (Å²) >= 11 is 0. The highest BCUT2D eigenvalue weighted by Gasteiger charge is 2.26. The summed E-state index contributed by atoms with van der Waals surface area (Å²) < 4.78 is 4.91. The van der Waals surface area contributed by atoms with Crippen molar-refractivity contribution in [2.24, 2.45) is 0 Å². The maximum atomic E-state index is 10.8. The van der Waals surface area contributed by atoms with Crippen LogP contribution in [0.25, 0.3) is 0 Å². The summed E-state index contributed by atoms with van der Waals surface area (Å²) in [4.78, 5) is 22.3. The molecule has 1 unspecified atom stereocenters. The molecule has 0 aromatic heterocycles. The second-order valence-corrected chi connectivity index (χ2v) is 3.53. The van der Waals surface area contributed by atoms with Crippen molar-refractivity contribution in [2.45, 2.75) is 25.3 Å². The van der Waals surface area contributed by atoms with Crippen LogP contribution in [0.2, 0.25) is 0 Å². The van der Waals surface area contributed by atoms with Crippen molar-refractivity contribution < 1.29 is 24.5 Å². The van der Waals surface area contributed by atoms with Crippen LogP contribution >= 0.6 is 0 Å². The fraction of sp³-hybridized carbons (Fsp3) is 0.778. The molecule has 86 valence electrons. The highest BCUT2D eigenvalue weighted by molar-refractivity contribution is 5.68. The summed E-state index contributed by atoms with van der Waals surface area (Å²) in [6.45, 7) is 0.305. The molecule has 6 nitrogen and oxygen atoms in total. The number of carboxylic acid groups (broad SMARTS) is 2. The van der Waals surface area contributed by atoms with Gasteiger partial charge in [-0.3, -0.25) is 0 Å². The molecule has 0 bridgehead atoms. The zero-order valence-corrected chi connectivity index (χ0v) is 8.39. The van der Waals surface area contributed by atoms with Gasteiger partial charge in [0.1, 0.15) is 6.61 Å². The molecular formula is C9H15NO5. The summed E-state index contributed by atoms with van der Waals surface area (Å²) in [7, 11) is 0. The highest BCUT2D eigenvalue weighted by atomic mass is 16.5. The topological polar surface area (TPSA) is 87.1 Å². The van der Waals surface area contributed by atoms with Crippen molar-refractivity contribution >= 4 is 12.1 Å². The van der Waals surface area contributed by atoms with E-state index in [9.17, 15) is 9.59 Å². The summed E-state index contributed by atoms with van der Waals surface area (Å²) in [5.74, 6) is -1.03. The van der Waals surface area contributed by atoms with Crippen molar-refractivity contribution in [1.29, 1.82) is 0 Å². The molecule has 0 aliphatic carbocycles. The second-order valence-electron chi connectivity index (χ2n) is 3.53. The van der Waals surface area contributed by atoms with Gasteiger partial charge in [-0.2, -0.15) is 0 Å². The number of nitrogens with zero attached hydrogens (tertiary/aromatic N) is 1. The van der Waals surface area contributed by atoms with Gasteiger partial charge in [-0.15, -0.1) is 0 Å². The Morgan fingerprint density at radius 2 is 2.07 bits per heavy atom. The third kappa shape index (κ3) is 3.75. The molecule has 6 heteroatoms. The molecule has 1 saturated heterocycles. The second kappa shape index (κ2) is 5.55. The number of likely N-dealkylation sites (tertiary alicyclic amines) is 1. The Labute approximate surface area is 87.4 Å². The van der Waals surface area contributed by atoms with Crippen molar-refractivity contribution in [3.8, 4) is 0 Å². The number of hydrogen-bond acceptors (Lipinski definition) is 3. The fourth-order valence-corrected chi connectivity index (χ4v) is 1.71. The first kappa shape index (κ1) is 11.8. The first-order valence-electron chi connectivity index (χ1n) is 4.90. The third-order valence-corrected chi connectivity index (χ3v) is 2.41.